The van der Waals surface area contributed by atoms with Gasteiger partial charge in [0, 0.05) is 59.7 Å². The quantitative estimate of drug-likeness (QED) is 0.210. The van der Waals surface area contributed by atoms with Crippen molar-refractivity contribution in [3.05, 3.63) is 89.6 Å². The third kappa shape index (κ3) is 7.87. The van der Waals surface area contributed by atoms with Crippen LogP contribution in [-0.2, 0) is 12.7 Å². The zero-order valence-electron chi connectivity index (χ0n) is 24.5. The lowest BCUT2D eigenvalue weighted by Gasteiger charge is -2.27. The van der Waals surface area contributed by atoms with E-state index in [2.05, 4.69) is 30.6 Å². The van der Waals surface area contributed by atoms with Crippen LogP contribution in [0.4, 0.5) is 30.5 Å². The zero-order valence-corrected chi connectivity index (χ0v) is 25.3. The molecule has 0 unspecified atom stereocenters. The van der Waals surface area contributed by atoms with Gasteiger partial charge in [0.2, 0.25) is 5.95 Å². The first kappa shape index (κ1) is 32.8. The highest BCUT2D eigenvalue weighted by molar-refractivity contribution is 6.04. The molecule has 3 heterocycles. The molecule has 1 atom stereocenters. The number of nitrogens with one attached hydrogen (secondary N) is 2. The second kappa shape index (κ2) is 13.2. The normalized spacial score (nSPS) is 15.5. The van der Waals surface area contributed by atoms with E-state index in [-0.39, 0.29) is 36.0 Å². The van der Waals surface area contributed by atoms with E-state index < -0.39 is 23.2 Å². The van der Waals surface area contributed by atoms with Crippen LogP contribution < -0.4 is 16.4 Å². The summed E-state index contributed by atoms with van der Waals surface area (Å²) >= 11 is 0. The molecule has 1 fully saturated rings. The Kier molecular flexibility index (Phi) is 9.87. The molecule has 1 aliphatic heterocycles. The number of nitrogens with zero attached hydrogens (tertiary/aromatic N) is 5. The van der Waals surface area contributed by atoms with Gasteiger partial charge in [-0.05, 0) is 81.1 Å². The maximum Gasteiger partial charge on any atom is 0.416 e. The standard InChI is InChI=1S/C31H33F3N8O.ClH/c1-19-4-7-24(13-27(19)41-29-38-10-8-26(40-29)22-14-36-18-37-15-22)39-28(43)20-5-6-21(25(12-20)31(32,33)34)16-42-11-9-23(17-42)30(2,3)35;/h4-8,10,12-15,18,23H,9,11,16-17,35H2,1-3H3,(H,39,43)(H,38,40,41);1H/t23-;/m1./s1. The minimum Gasteiger partial charge on any atom is -0.325 e. The van der Waals surface area contributed by atoms with E-state index >= 15 is 0 Å². The number of aromatic nitrogens is 4. The molecule has 232 valence electrons. The number of halogens is 4. The molecule has 2 aromatic heterocycles. The van der Waals surface area contributed by atoms with Crippen molar-refractivity contribution >= 4 is 35.6 Å². The Bertz CT molecular complexity index is 1610. The van der Waals surface area contributed by atoms with Gasteiger partial charge in [0.05, 0.1) is 11.3 Å². The number of benzene rings is 2. The molecule has 0 spiro atoms. The van der Waals surface area contributed by atoms with Crippen LogP contribution in [0.5, 0.6) is 0 Å². The van der Waals surface area contributed by atoms with E-state index in [1.165, 1.54) is 18.5 Å². The fraction of sp³-hybridized carbons (Fsp3) is 0.323. The highest BCUT2D eigenvalue weighted by Crippen LogP contribution is 2.35. The first-order chi connectivity index (χ1) is 20.4. The molecule has 1 amide bonds. The summed E-state index contributed by atoms with van der Waals surface area (Å²) in [5.41, 5.74) is 8.27. The summed E-state index contributed by atoms with van der Waals surface area (Å²) in [7, 11) is 0. The molecule has 5 rings (SSSR count). The molecule has 0 radical (unpaired) electrons. The Morgan fingerprint density at radius 2 is 1.84 bits per heavy atom. The molecule has 0 aliphatic carbocycles. The Balaban J connectivity index is 0.00000442. The van der Waals surface area contributed by atoms with Crippen molar-refractivity contribution in [1.29, 1.82) is 0 Å². The van der Waals surface area contributed by atoms with Crippen molar-refractivity contribution in [2.75, 3.05) is 23.7 Å². The number of nitrogens with two attached hydrogens (primary N) is 1. The van der Waals surface area contributed by atoms with Crippen molar-refractivity contribution in [3.8, 4) is 11.3 Å². The maximum absolute atomic E-state index is 14.1. The van der Waals surface area contributed by atoms with Crippen LogP contribution in [0.2, 0.25) is 0 Å². The number of hydrogen-bond donors (Lipinski definition) is 3. The van der Waals surface area contributed by atoms with Crippen LogP contribution >= 0.6 is 12.4 Å². The first-order valence-corrected chi connectivity index (χ1v) is 13.9. The third-order valence-corrected chi connectivity index (χ3v) is 7.65. The fourth-order valence-electron chi connectivity index (χ4n) is 5.11. The van der Waals surface area contributed by atoms with Crippen LogP contribution in [0.15, 0.2) is 67.4 Å². The number of carbonyl (C=O) groups is 1. The molecule has 9 nitrogen and oxygen atoms in total. The number of rotatable bonds is 8. The van der Waals surface area contributed by atoms with Crippen molar-refractivity contribution in [1.82, 2.24) is 24.8 Å². The Labute approximate surface area is 260 Å². The fourth-order valence-corrected chi connectivity index (χ4v) is 5.11. The number of aryl methyl sites for hydroxylation is 1. The van der Waals surface area contributed by atoms with Gasteiger partial charge in [-0.25, -0.2) is 19.9 Å². The molecule has 1 aliphatic rings. The number of amides is 1. The lowest BCUT2D eigenvalue weighted by Crippen LogP contribution is -2.42. The summed E-state index contributed by atoms with van der Waals surface area (Å²) in [5, 5.41) is 5.86. The Hall–Kier alpha value is -4.13. The van der Waals surface area contributed by atoms with Crippen molar-refractivity contribution < 1.29 is 18.0 Å². The smallest absolute Gasteiger partial charge is 0.325 e. The summed E-state index contributed by atoms with van der Waals surface area (Å²) in [6.45, 7) is 7.18. The molecule has 1 saturated heterocycles. The molecule has 4 N–H and O–H groups in total. The molecular formula is C31H34ClF3N8O. The second-order valence-corrected chi connectivity index (χ2v) is 11.4. The Morgan fingerprint density at radius 1 is 1.09 bits per heavy atom. The molecule has 4 aromatic rings. The Morgan fingerprint density at radius 3 is 2.52 bits per heavy atom. The van der Waals surface area contributed by atoms with E-state index in [1.807, 2.05) is 25.7 Å². The number of carbonyl (C=O) groups excluding carboxylic acids is 1. The molecule has 2 aromatic carbocycles. The number of alkyl halides is 3. The van der Waals surface area contributed by atoms with Crippen LogP contribution in [0, 0.1) is 12.8 Å². The van der Waals surface area contributed by atoms with E-state index in [0.717, 1.165) is 23.6 Å². The predicted molar refractivity (Wildman–Crippen MR) is 166 cm³/mol. The van der Waals surface area contributed by atoms with Crippen LogP contribution in [0.25, 0.3) is 11.3 Å². The van der Waals surface area contributed by atoms with Crippen LogP contribution in [0.1, 0.15) is 47.3 Å². The number of hydrogen-bond acceptors (Lipinski definition) is 8. The van der Waals surface area contributed by atoms with Gasteiger partial charge in [0.1, 0.15) is 6.33 Å². The maximum atomic E-state index is 14.1. The highest BCUT2D eigenvalue weighted by Gasteiger charge is 2.36. The van der Waals surface area contributed by atoms with Crippen molar-refractivity contribution in [3.63, 3.8) is 0 Å². The monoisotopic (exact) mass is 626 g/mol. The van der Waals surface area contributed by atoms with Gasteiger partial charge in [0.25, 0.3) is 5.91 Å². The van der Waals surface area contributed by atoms with Gasteiger partial charge < -0.3 is 16.4 Å². The van der Waals surface area contributed by atoms with Gasteiger partial charge in [-0.1, -0.05) is 12.1 Å². The van der Waals surface area contributed by atoms with Gasteiger partial charge in [-0.2, -0.15) is 13.2 Å². The summed E-state index contributed by atoms with van der Waals surface area (Å²) in [5.74, 6) is -0.132. The minimum absolute atomic E-state index is 0. The summed E-state index contributed by atoms with van der Waals surface area (Å²) in [6.07, 6.45) is 2.53. The van der Waals surface area contributed by atoms with E-state index in [0.29, 0.717) is 36.1 Å². The molecular weight excluding hydrogens is 593 g/mol. The summed E-state index contributed by atoms with van der Waals surface area (Å²) in [4.78, 5) is 31.9. The number of anilines is 3. The second-order valence-electron chi connectivity index (χ2n) is 11.4. The highest BCUT2D eigenvalue weighted by atomic mass is 35.5. The summed E-state index contributed by atoms with van der Waals surface area (Å²) < 4.78 is 42.3. The average molecular weight is 627 g/mol. The van der Waals surface area contributed by atoms with Gasteiger partial charge in [-0.3, -0.25) is 9.69 Å². The van der Waals surface area contributed by atoms with Gasteiger partial charge in [-0.15, -0.1) is 12.4 Å². The van der Waals surface area contributed by atoms with Crippen LogP contribution in [0.3, 0.4) is 0 Å². The first-order valence-electron chi connectivity index (χ1n) is 13.9. The van der Waals surface area contributed by atoms with Crippen molar-refractivity contribution in [2.45, 2.75) is 45.5 Å². The molecule has 13 heteroatoms. The van der Waals surface area contributed by atoms with E-state index in [4.69, 9.17) is 5.73 Å². The van der Waals surface area contributed by atoms with E-state index in [1.54, 1.807) is 42.9 Å². The third-order valence-electron chi connectivity index (χ3n) is 7.65. The van der Waals surface area contributed by atoms with Crippen LogP contribution in [-0.4, -0.2) is 49.4 Å². The predicted octanol–water partition coefficient (Wildman–Crippen LogP) is 6.24. The van der Waals surface area contributed by atoms with E-state index in [9.17, 15) is 18.0 Å². The lowest BCUT2D eigenvalue weighted by atomic mass is 9.88. The topological polar surface area (TPSA) is 122 Å². The largest absolute Gasteiger partial charge is 0.416 e. The molecule has 0 saturated carbocycles. The number of likely N-dealkylation sites (tertiary alicyclic amines) is 1. The zero-order chi connectivity index (χ0) is 30.8. The SMILES string of the molecule is Cc1ccc(NC(=O)c2ccc(CN3CC[C@@H](C(C)(C)N)C3)c(C(F)(F)F)c2)cc1Nc1nccc(-c2cncnc2)n1.Cl. The molecule has 44 heavy (non-hydrogen) atoms. The van der Waals surface area contributed by atoms with Crippen molar-refractivity contribution in [2.24, 2.45) is 11.7 Å². The molecule has 0 bridgehead atoms. The van der Waals surface area contributed by atoms with Gasteiger partial charge >= 0.3 is 6.18 Å². The minimum atomic E-state index is -4.61. The average Bonchev–Trinajstić information content (AvgIpc) is 3.44. The summed E-state index contributed by atoms with van der Waals surface area (Å²) in [6, 6.07) is 10.6. The van der Waals surface area contributed by atoms with Gasteiger partial charge in [0.15, 0.2) is 0 Å². The lowest BCUT2D eigenvalue weighted by molar-refractivity contribution is -0.138.